The van der Waals surface area contributed by atoms with Gasteiger partial charge in [-0.05, 0) is 45.2 Å². The minimum absolute atomic E-state index is 0.0170. The van der Waals surface area contributed by atoms with Crippen LogP contribution in [-0.4, -0.2) is 22.8 Å². The summed E-state index contributed by atoms with van der Waals surface area (Å²) in [6, 6.07) is 4.39. The quantitative estimate of drug-likeness (QED) is 0.879. The molecule has 5 nitrogen and oxygen atoms in total. The lowest BCUT2D eigenvalue weighted by Crippen LogP contribution is -2.52. The number of carbonyl (C=O) groups is 2. The van der Waals surface area contributed by atoms with E-state index in [2.05, 4.69) is 5.32 Å². The number of aliphatic carboxylic acids is 1. The first-order valence-electron chi connectivity index (χ1n) is 6.68. The molecule has 0 aliphatic heterocycles. The number of carboxylic acid groups (broad SMARTS) is 1. The maximum Gasteiger partial charge on any atom is 0.408 e. The minimum atomic E-state index is -1.77. The van der Waals surface area contributed by atoms with Gasteiger partial charge in [-0.3, -0.25) is 0 Å². The van der Waals surface area contributed by atoms with Crippen molar-refractivity contribution in [2.75, 3.05) is 0 Å². The van der Waals surface area contributed by atoms with E-state index in [1.54, 1.807) is 26.8 Å². The van der Waals surface area contributed by atoms with Crippen molar-refractivity contribution in [1.82, 2.24) is 5.32 Å². The van der Waals surface area contributed by atoms with Gasteiger partial charge in [0.2, 0.25) is 0 Å². The molecule has 0 heterocycles. The number of halogens is 1. The van der Waals surface area contributed by atoms with Crippen LogP contribution in [0.1, 0.15) is 38.3 Å². The Morgan fingerprint density at radius 1 is 1.38 bits per heavy atom. The molecule has 114 valence electrons. The SMILES string of the molecule is CC(C)(C)OC(=O)NC1(C(=O)O)CCc2cccc(F)c21. The molecule has 21 heavy (non-hydrogen) atoms. The summed E-state index contributed by atoms with van der Waals surface area (Å²) in [5.74, 6) is -1.93. The Balaban J connectivity index is 2.38. The fourth-order valence-electron chi connectivity index (χ4n) is 2.57. The van der Waals surface area contributed by atoms with E-state index in [1.165, 1.54) is 12.1 Å². The molecular formula is C15H18FNO4. The third-order valence-electron chi connectivity index (χ3n) is 3.38. The fourth-order valence-corrected chi connectivity index (χ4v) is 2.57. The summed E-state index contributed by atoms with van der Waals surface area (Å²) in [4.78, 5) is 23.6. The summed E-state index contributed by atoms with van der Waals surface area (Å²) in [6.45, 7) is 5.01. The van der Waals surface area contributed by atoms with Crippen molar-refractivity contribution in [3.63, 3.8) is 0 Å². The van der Waals surface area contributed by atoms with Crippen LogP contribution in [0.15, 0.2) is 18.2 Å². The smallest absolute Gasteiger partial charge is 0.408 e. The number of hydrogen-bond donors (Lipinski definition) is 2. The van der Waals surface area contributed by atoms with E-state index in [1.807, 2.05) is 0 Å². The monoisotopic (exact) mass is 295 g/mol. The highest BCUT2D eigenvalue weighted by Gasteiger charge is 2.49. The van der Waals surface area contributed by atoms with Gasteiger partial charge in [0.05, 0.1) is 0 Å². The van der Waals surface area contributed by atoms with E-state index >= 15 is 0 Å². The van der Waals surface area contributed by atoms with Crippen LogP contribution in [0.4, 0.5) is 9.18 Å². The zero-order valence-corrected chi connectivity index (χ0v) is 12.2. The lowest BCUT2D eigenvalue weighted by atomic mass is 9.91. The summed E-state index contributed by atoms with van der Waals surface area (Å²) in [5, 5.41) is 11.9. The van der Waals surface area contributed by atoms with Crippen LogP contribution >= 0.6 is 0 Å². The van der Waals surface area contributed by atoms with Crippen molar-refractivity contribution >= 4 is 12.1 Å². The van der Waals surface area contributed by atoms with Gasteiger partial charge >= 0.3 is 12.1 Å². The van der Waals surface area contributed by atoms with Gasteiger partial charge in [-0.25, -0.2) is 14.0 Å². The molecule has 1 unspecified atom stereocenters. The molecule has 2 rings (SSSR count). The number of aryl methyl sites for hydroxylation is 1. The summed E-state index contributed by atoms with van der Waals surface area (Å²) < 4.78 is 19.2. The first-order chi connectivity index (χ1) is 9.66. The van der Waals surface area contributed by atoms with Crippen LogP contribution in [0, 0.1) is 5.82 Å². The van der Waals surface area contributed by atoms with E-state index in [9.17, 15) is 19.1 Å². The van der Waals surface area contributed by atoms with Crippen LogP contribution in [-0.2, 0) is 21.5 Å². The van der Waals surface area contributed by atoms with E-state index in [0.717, 1.165) is 0 Å². The normalized spacial score (nSPS) is 20.8. The summed E-state index contributed by atoms with van der Waals surface area (Å²) in [6.07, 6.45) is -0.395. The van der Waals surface area contributed by atoms with Gasteiger partial charge < -0.3 is 15.2 Å². The number of nitrogens with one attached hydrogen (secondary N) is 1. The highest BCUT2D eigenvalue weighted by molar-refractivity contribution is 5.87. The molecule has 0 spiro atoms. The van der Waals surface area contributed by atoms with Crippen molar-refractivity contribution in [1.29, 1.82) is 0 Å². The predicted molar refractivity (Wildman–Crippen MR) is 73.4 cm³/mol. The molecule has 1 aromatic rings. The van der Waals surface area contributed by atoms with Crippen LogP contribution in [0.2, 0.25) is 0 Å². The van der Waals surface area contributed by atoms with Gasteiger partial charge in [0, 0.05) is 5.56 Å². The Labute approximate surface area is 122 Å². The molecule has 0 saturated heterocycles. The molecule has 1 aliphatic rings. The number of alkyl carbamates (subject to hydrolysis) is 1. The summed E-state index contributed by atoms with van der Waals surface area (Å²) in [7, 11) is 0. The number of carboxylic acids is 1. The Bertz CT molecular complexity index is 594. The third kappa shape index (κ3) is 2.84. The largest absolute Gasteiger partial charge is 0.479 e. The predicted octanol–water partition coefficient (Wildman–Crippen LogP) is 2.58. The molecule has 6 heteroatoms. The summed E-state index contributed by atoms with van der Waals surface area (Å²) >= 11 is 0. The first kappa shape index (κ1) is 15.3. The first-order valence-corrected chi connectivity index (χ1v) is 6.68. The van der Waals surface area contributed by atoms with Crippen LogP contribution < -0.4 is 5.32 Å². The van der Waals surface area contributed by atoms with Gasteiger partial charge in [0.1, 0.15) is 11.4 Å². The topological polar surface area (TPSA) is 75.6 Å². The van der Waals surface area contributed by atoms with Gasteiger partial charge in [0.25, 0.3) is 0 Å². The van der Waals surface area contributed by atoms with Crippen molar-refractivity contribution in [2.45, 2.75) is 44.8 Å². The molecule has 1 aliphatic carbocycles. The molecule has 1 aromatic carbocycles. The van der Waals surface area contributed by atoms with Gasteiger partial charge in [0.15, 0.2) is 5.54 Å². The van der Waals surface area contributed by atoms with E-state index in [-0.39, 0.29) is 12.0 Å². The number of rotatable bonds is 2. The molecule has 2 N–H and O–H groups in total. The van der Waals surface area contributed by atoms with Crippen molar-refractivity contribution in [2.24, 2.45) is 0 Å². The molecule has 0 radical (unpaired) electrons. The fraction of sp³-hybridized carbons (Fsp3) is 0.467. The number of amides is 1. The zero-order chi connectivity index (χ0) is 15.8. The second kappa shape index (κ2) is 5.02. The number of carbonyl (C=O) groups excluding carboxylic acids is 1. The second-order valence-corrected chi connectivity index (χ2v) is 6.11. The van der Waals surface area contributed by atoms with Gasteiger partial charge in [-0.15, -0.1) is 0 Å². The standard InChI is InChI=1S/C15H18FNO4/c1-14(2,3)21-13(20)17-15(12(18)19)8-7-9-5-4-6-10(16)11(9)15/h4-6H,7-8H2,1-3H3,(H,17,20)(H,18,19). The highest BCUT2D eigenvalue weighted by atomic mass is 19.1. The summed E-state index contributed by atoms with van der Waals surface area (Å²) in [5.41, 5.74) is -1.93. The number of fused-ring (bicyclic) bond motifs is 1. The second-order valence-electron chi connectivity index (χ2n) is 6.11. The average molecular weight is 295 g/mol. The molecule has 1 atom stereocenters. The Kier molecular flexibility index (Phi) is 3.65. The lowest BCUT2D eigenvalue weighted by molar-refractivity contribution is -0.145. The molecule has 1 amide bonds. The maximum absolute atomic E-state index is 14.1. The zero-order valence-electron chi connectivity index (χ0n) is 12.2. The van der Waals surface area contributed by atoms with Crippen molar-refractivity contribution in [3.05, 3.63) is 35.1 Å². The highest BCUT2D eigenvalue weighted by Crippen LogP contribution is 2.39. The van der Waals surface area contributed by atoms with Crippen LogP contribution in [0.5, 0.6) is 0 Å². The lowest BCUT2D eigenvalue weighted by Gasteiger charge is -2.29. The maximum atomic E-state index is 14.1. The number of hydrogen-bond acceptors (Lipinski definition) is 3. The Hall–Kier alpha value is -2.11. The molecular weight excluding hydrogens is 277 g/mol. The Morgan fingerprint density at radius 3 is 2.62 bits per heavy atom. The van der Waals surface area contributed by atoms with E-state index in [4.69, 9.17) is 4.74 Å². The molecule has 0 bridgehead atoms. The van der Waals surface area contributed by atoms with Crippen molar-refractivity contribution in [3.8, 4) is 0 Å². The van der Waals surface area contributed by atoms with Crippen LogP contribution in [0.3, 0.4) is 0 Å². The van der Waals surface area contributed by atoms with Gasteiger partial charge in [-0.2, -0.15) is 0 Å². The number of benzene rings is 1. The minimum Gasteiger partial charge on any atom is -0.479 e. The van der Waals surface area contributed by atoms with E-state index < -0.39 is 29.0 Å². The van der Waals surface area contributed by atoms with Crippen molar-refractivity contribution < 1.29 is 23.8 Å². The molecule has 0 aromatic heterocycles. The Morgan fingerprint density at radius 2 is 2.05 bits per heavy atom. The van der Waals surface area contributed by atoms with Gasteiger partial charge in [-0.1, -0.05) is 12.1 Å². The molecule has 0 fully saturated rings. The molecule has 0 saturated carbocycles. The average Bonchev–Trinajstić information content (AvgIpc) is 2.68. The third-order valence-corrected chi connectivity index (χ3v) is 3.38. The van der Waals surface area contributed by atoms with E-state index in [0.29, 0.717) is 12.0 Å². The van der Waals surface area contributed by atoms with Crippen LogP contribution in [0.25, 0.3) is 0 Å². The number of ether oxygens (including phenoxy) is 1.